The van der Waals surface area contributed by atoms with Crippen LogP contribution in [0.1, 0.15) is 10.4 Å². The van der Waals surface area contributed by atoms with E-state index in [-0.39, 0.29) is 11.3 Å². The zero-order valence-corrected chi connectivity index (χ0v) is 22.1. The molecule has 0 aliphatic rings. The summed E-state index contributed by atoms with van der Waals surface area (Å²) in [6.45, 7) is 0. The minimum absolute atomic E-state index is 0.182. The molecule has 0 aliphatic carbocycles. The van der Waals surface area contributed by atoms with E-state index in [0.29, 0.717) is 22.3 Å². The van der Waals surface area contributed by atoms with Crippen LogP contribution in [-0.2, 0) is 16.6 Å². The van der Waals surface area contributed by atoms with Crippen LogP contribution in [0.4, 0.5) is 11.4 Å². The Morgan fingerprint density at radius 2 is 1.50 bits per heavy atom. The Morgan fingerprint density at radius 1 is 0.842 bits per heavy atom. The van der Waals surface area contributed by atoms with Crippen molar-refractivity contribution < 1.29 is 24.6 Å². The highest BCUT2D eigenvalue weighted by Gasteiger charge is 2.20. The van der Waals surface area contributed by atoms with Gasteiger partial charge in [0.1, 0.15) is 11.3 Å². The van der Waals surface area contributed by atoms with Crippen molar-refractivity contribution >= 4 is 62.7 Å². The summed E-state index contributed by atoms with van der Waals surface area (Å²) in [6, 6.07) is 20.8. The summed E-state index contributed by atoms with van der Waals surface area (Å²) in [7, 11) is 1.81. The molecule has 0 saturated heterocycles. The van der Waals surface area contributed by atoms with E-state index in [2.05, 4.69) is 33.2 Å². The van der Waals surface area contributed by atoms with Gasteiger partial charge in [-0.3, -0.25) is 9.59 Å². The highest BCUT2D eigenvalue weighted by molar-refractivity contribution is 14.1. The molecule has 0 bridgehead atoms. The molecule has 5 rings (SSSR count). The Balaban J connectivity index is 1.35. The summed E-state index contributed by atoms with van der Waals surface area (Å²) in [4.78, 5) is 36.6. The monoisotopic (exact) mass is 620 g/mol. The Kier molecular flexibility index (Phi) is 6.64. The first-order valence-electron chi connectivity index (χ1n) is 11.4. The molecule has 3 aromatic carbocycles. The maximum absolute atomic E-state index is 12.6. The standard InChI is InChI=1S/C28H21IN4O5/c1-32-22-15-23(34)21(28(37)38)14-20(22)24(29)25(32)16-5-4-6-18(13-16)31-27(36)26(35)30-17-7-9-19(10-8-17)33-11-2-3-12-33/h2-15,34H,1H3,(H,30,35)(H,31,36)(H,37,38). The lowest BCUT2D eigenvalue weighted by Crippen LogP contribution is -2.29. The largest absolute Gasteiger partial charge is 0.507 e. The zero-order chi connectivity index (χ0) is 27.0. The van der Waals surface area contributed by atoms with Gasteiger partial charge in [-0.05, 0) is 77.2 Å². The number of hydrogen-bond acceptors (Lipinski definition) is 4. The van der Waals surface area contributed by atoms with Gasteiger partial charge in [-0.2, -0.15) is 0 Å². The van der Waals surface area contributed by atoms with Crippen LogP contribution in [0.5, 0.6) is 5.75 Å². The van der Waals surface area contributed by atoms with Gasteiger partial charge in [0.2, 0.25) is 0 Å². The topological polar surface area (TPSA) is 126 Å². The second-order valence-corrected chi connectivity index (χ2v) is 9.62. The highest BCUT2D eigenvalue weighted by atomic mass is 127. The Morgan fingerprint density at radius 3 is 2.16 bits per heavy atom. The molecule has 4 N–H and O–H groups in total. The third kappa shape index (κ3) is 4.73. The van der Waals surface area contributed by atoms with Crippen molar-refractivity contribution in [2.75, 3.05) is 10.6 Å². The summed E-state index contributed by atoms with van der Waals surface area (Å²) in [5, 5.41) is 25.4. The zero-order valence-electron chi connectivity index (χ0n) is 20.0. The number of carboxylic acid groups (broad SMARTS) is 1. The first kappa shape index (κ1) is 25.1. The minimum Gasteiger partial charge on any atom is -0.507 e. The van der Waals surface area contributed by atoms with E-state index in [1.54, 1.807) is 37.4 Å². The van der Waals surface area contributed by atoms with E-state index in [1.807, 2.05) is 51.9 Å². The quantitative estimate of drug-likeness (QED) is 0.158. The molecule has 190 valence electrons. The first-order chi connectivity index (χ1) is 18.2. The number of nitrogens with one attached hydrogen (secondary N) is 2. The third-order valence-electron chi connectivity index (χ3n) is 6.11. The molecule has 0 spiro atoms. The average molecular weight is 620 g/mol. The van der Waals surface area contributed by atoms with E-state index >= 15 is 0 Å². The Labute approximate surface area is 230 Å². The second-order valence-electron chi connectivity index (χ2n) is 8.54. The van der Waals surface area contributed by atoms with Gasteiger partial charge in [-0.25, -0.2) is 4.79 Å². The number of carbonyl (C=O) groups is 3. The van der Waals surface area contributed by atoms with E-state index in [9.17, 15) is 24.6 Å². The summed E-state index contributed by atoms with van der Waals surface area (Å²) in [5.74, 6) is -3.16. The normalized spacial score (nSPS) is 10.9. The fourth-order valence-corrected chi connectivity index (χ4v) is 5.37. The number of fused-ring (bicyclic) bond motifs is 1. The van der Waals surface area contributed by atoms with Crippen LogP contribution >= 0.6 is 22.6 Å². The van der Waals surface area contributed by atoms with Crippen LogP contribution in [0.2, 0.25) is 0 Å². The molecule has 2 amide bonds. The predicted octanol–water partition coefficient (Wildman–Crippen LogP) is 5.22. The lowest BCUT2D eigenvalue weighted by Gasteiger charge is -2.10. The molecule has 0 fully saturated rings. The number of amides is 2. The van der Waals surface area contributed by atoms with Gasteiger partial charge in [0.05, 0.1) is 11.2 Å². The molecule has 9 nitrogen and oxygen atoms in total. The molecule has 0 saturated carbocycles. The lowest BCUT2D eigenvalue weighted by molar-refractivity contribution is -0.132. The van der Waals surface area contributed by atoms with E-state index in [1.165, 1.54) is 12.1 Å². The molecule has 0 aliphatic heterocycles. The molecular formula is C28H21IN4O5. The van der Waals surface area contributed by atoms with E-state index in [0.717, 1.165) is 20.5 Å². The van der Waals surface area contributed by atoms with Crippen molar-refractivity contribution in [3.05, 3.63) is 94.3 Å². The molecular weight excluding hydrogens is 599 g/mol. The molecule has 10 heteroatoms. The lowest BCUT2D eigenvalue weighted by atomic mass is 10.1. The number of aromatic nitrogens is 2. The van der Waals surface area contributed by atoms with E-state index < -0.39 is 17.8 Å². The number of rotatable bonds is 5. The van der Waals surface area contributed by atoms with Crippen molar-refractivity contribution in [2.45, 2.75) is 0 Å². The molecule has 38 heavy (non-hydrogen) atoms. The van der Waals surface area contributed by atoms with Crippen molar-refractivity contribution in [1.29, 1.82) is 0 Å². The molecule has 0 unspecified atom stereocenters. The molecule has 0 radical (unpaired) electrons. The summed E-state index contributed by atoms with van der Waals surface area (Å²) in [6.07, 6.45) is 3.82. The van der Waals surface area contributed by atoms with Gasteiger partial charge in [0.25, 0.3) is 0 Å². The van der Waals surface area contributed by atoms with Crippen molar-refractivity contribution in [3.63, 3.8) is 0 Å². The Bertz CT molecular complexity index is 1710. The smallest absolute Gasteiger partial charge is 0.339 e. The number of halogens is 1. The SMILES string of the molecule is Cn1c(-c2cccc(NC(=O)C(=O)Nc3ccc(-n4cccc4)cc3)c2)c(I)c2cc(C(=O)O)c(O)cc21. The fraction of sp³-hybridized carbons (Fsp3) is 0.0357. The maximum atomic E-state index is 12.6. The molecule has 2 aromatic heterocycles. The first-order valence-corrected chi connectivity index (χ1v) is 12.5. The second kappa shape index (κ2) is 10.1. The van der Waals surface area contributed by atoms with Crippen LogP contribution in [0.15, 0.2) is 85.2 Å². The number of aromatic hydroxyl groups is 1. The Hall–Kier alpha value is -4.58. The van der Waals surface area contributed by atoms with Gasteiger partial charge in [-0.15, -0.1) is 0 Å². The van der Waals surface area contributed by atoms with Crippen molar-refractivity contribution in [2.24, 2.45) is 7.05 Å². The van der Waals surface area contributed by atoms with Gasteiger partial charge in [0.15, 0.2) is 0 Å². The van der Waals surface area contributed by atoms with Gasteiger partial charge < -0.3 is 30.0 Å². The van der Waals surface area contributed by atoms with Crippen LogP contribution in [0.25, 0.3) is 27.8 Å². The number of aryl methyl sites for hydroxylation is 1. The van der Waals surface area contributed by atoms with Gasteiger partial charge in [0, 0.05) is 57.1 Å². The maximum Gasteiger partial charge on any atom is 0.339 e. The number of hydrogen-bond donors (Lipinski definition) is 4. The number of carboxylic acids is 1. The highest BCUT2D eigenvalue weighted by Crippen LogP contribution is 2.37. The van der Waals surface area contributed by atoms with Crippen LogP contribution in [0.3, 0.4) is 0 Å². The summed E-state index contributed by atoms with van der Waals surface area (Å²) < 4.78 is 4.55. The predicted molar refractivity (Wildman–Crippen MR) is 153 cm³/mol. The molecule has 5 aromatic rings. The molecule has 2 heterocycles. The molecule has 0 atom stereocenters. The number of carbonyl (C=O) groups excluding carboxylic acids is 2. The number of nitrogens with zero attached hydrogens (tertiary/aromatic N) is 2. The summed E-state index contributed by atoms with van der Waals surface area (Å²) in [5.41, 5.74) is 3.81. The van der Waals surface area contributed by atoms with Crippen LogP contribution in [0, 0.1) is 3.57 Å². The summed E-state index contributed by atoms with van der Waals surface area (Å²) >= 11 is 2.13. The number of aromatic carboxylic acids is 1. The van der Waals surface area contributed by atoms with E-state index in [4.69, 9.17) is 0 Å². The fourth-order valence-electron chi connectivity index (χ4n) is 4.26. The van der Waals surface area contributed by atoms with Crippen molar-refractivity contribution in [3.8, 4) is 22.7 Å². The van der Waals surface area contributed by atoms with Crippen LogP contribution < -0.4 is 10.6 Å². The minimum atomic E-state index is -1.22. The third-order valence-corrected chi connectivity index (χ3v) is 7.21. The van der Waals surface area contributed by atoms with Crippen molar-refractivity contribution in [1.82, 2.24) is 9.13 Å². The van der Waals surface area contributed by atoms with Crippen LogP contribution in [-0.4, -0.2) is 37.1 Å². The van der Waals surface area contributed by atoms with Gasteiger partial charge >= 0.3 is 17.8 Å². The average Bonchev–Trinajstić information content (AvgIpc) is 3.51. The number of phenols is 1. The number of benzene rings is 3. The van der Waals surface area contributed by atoms with Gasteiger partial charge in [-0.1, -0.05) is 12.1 Å². The number of anilines is 2.